The molecule has 5 nitrogen and oxygen atoms in total. The fraction of sp³-hybridized carbons (Fsp3) is 0.417. The van der Waals surface area contributed by atoms with Gasteiger partial charge in [-0.2, -0.15) is 0 Å². The molecule has 1 fully saturated rings. The Morgan fingerprint density at radius 1 is 1.00 bits per heavy atom. The van der Waals surface area contributed by atoms with Crippen LogP contribution in [-0.2, 0) is 16.2 Å². The highest BCUT2D eigenvalue weighted by Crippen LogP contribution is 2.25. The summed E-state index contributed by atoms with van der Waals surface area (Å²) in [5.74, 6) is 0.877. The largest absolute Gasteiger partial charge is 0.489 e. The minimum absolute atomic E-state index is 0.0193. The molecule has 1 heterocycles. The van der Waals surface area contributed by atoms with Crippen LogP contribution in [0.5, 0.6) is 5.75 Å². The van der Waals surface area contributed by atoms with Crippen LogP contribution in [0.25, 0.3) is 0 Å². The quantitative estimate of drug-likeness (QED) is 0.813. The first kappa shape index (κ1) is 20.9. The van der Waals surface area contributed by atoms with Gasteiger partial charge in [-0.25, -0.2) is 0 Å². The number of nitrogens with zero attached hydrogens (tertiary/aromatic N) is 1. The summed E-state index contributed by atoms with van der Waals surface area (Å²) in [7, 11) is 0. The smallest absolute Gasteiger partial charge is 0.227 e. The zero-order valence-corrected chi connectivity index (χ0v) is 17.5. The molecule has 29 heavy (non-hydrogen) atoms. The van der Waals surface area contributed by atoms with Gasteiger partial charge in [-0.1, -0.05) is 51.1 Å². The maximum absolute atomic E-state index is 12.6. The summed E-state index contributed by atoms with van der Waals surface area (Å²) in [5, 5.41) is 2.99. The molecule has 1 aliphatic heterocycles. The summed E-state index contributed by atoms with van der Waals surface area (Å²) >= 11 is 0. The number of piperidine rings is 1. The van der Waals surface area contributed by atoms with Crippen molar-refractivity contribution in [2.24, 2.45) is 11.3 Å². The Labute approximate surface area is 173 Å². The Bertz CT molecular complexity index is 817. The SMILES string of the molecule is CC(C)(C)C(=O)N1CCC(C(=O)Nc2ccc(OCc3ccccc3)cc2)CC1. The molecule has 2 aromatic rings. The van der Waals surface area contributed by atoms with E-state index in [1.165, 1.54) is 0 Å². The lowest BCUT2D eigenvalue weighted by atomic mass is 9.90. The predicted octanol–water partition coefficient (Wildman–Crippen LogP) is 4.49. The van der Waals surface area contributed by atoms with Crippen LogP contribution in [0.2, 0.25) is 0 Å². The monoisotopic (exact) mass is 394 g/mol. The zero-order chi connectivity index (χ0) is 20.9. The van der Waals surface area contributed by atoms with Gasteiger partial charge in [0.15, 0.2) is 0 Å². The first-order chi connectivity index (χ1) is 13.8. The molecular weight excluding hydrogens is 364 g/mol. The summed E-state index contributed by atoms with van der Waals surface area (Å²) in [6.45, 7) is 7.59. The Hall–Kier alpha value is -2.82. The van der Waals surface area contributed by atoms with Crippen molar-refractivity contribution in [1.29, 1.82) is 0 Å². The number of ether oxygens (including phenoxy) is 1. The van der Waals surface area contributed by atoms with Gasteiger partial charge in [0.05, 0.1) is 0 Å². The molecule has 2 amide bonds. The van der Waals surface area contributed by atoms with Crippen molar-refractivity contribution in [2.45, 2.75) is 40.2 Å². The van der Waals surface area contributed by atoms with E-state index < -0.39 is 0 Å². The molecular formula is C24H30N2O3. The fourth-order valence-electron chi connectivity index (χ4n) is 3.44. The van der Waals surface area contributed by atoms with Gasteiger partial charge in [-0.05, 0) is 42.7 Å². The van der Waals surface area contributed by atoms with Gasteiger partial charge in [0.2, 0.25) is 11.8 Å². The van der Waals surface area contributed by atoms with Crippen molar-refractivity contribution >= 4 is 17.5 Å². The van der Waals surface area contributed by atoms with Crippen LogP contribution in [0.3, 0.4) is 0 Å². The van der Waals surface area contributed by atoms with E-state index in [2.05, 4.69) is 5.32 Å². The van der Waals surface area contributed by atoms with E-state index in [0.29, 0.717) is 32.5 Å². The van der Waals surface area contributed by atoms with Crippen molar-refractivity contribution in [3.8, 4) is 5.75 Å². The molecule has 154 valence electrons. The molecule has 0 bridgehead atoms. The number of nitrogens with one attached hydrogen (secondary N) is 1. The first-order valence-electron chi connectivity index (χ1n) is 10.2. The van der Waals surface area contributed by atoms with Crippen LogP contribution < -0.4 is 10.1 Å². The molecule has 2 aromatic carbocycles. The third-order valence-corrected chi connectivity index (χ3v) is 5.16. The Morgan fingerprint density at radius 3 is 2.21 bits per heavy atom. The highest BCUT2D eigenvalue weighted by molar-refractivity contribution is 5.92. The normalized spacial score (nSPS) is 15.1. The topological polar surface area (TPSA) is 58.6 Å². The van der Waals surface area contributed by atoms with Crippen molar-refractivity contribution in [2.75, 3.05) is 18.4 Å². The summed E-state index contributed by atoms with van der Waals surface area (Å²) < 4.78 is 5.78. The number of likely N-dealkylation sites (tertiary alicyclic amines) is 1. The van der Waals surface area contributed by atoms with Gasteiger partial charge in [0, 0.05) is 30.1 Å². The van der Waals surface area contributed by atoms with Crippen LogP contribution in [-0.4, -0.2) is 29.8 Å². The standard InChI is InChI=1S/C24H30N2O3/c1-24(2,3)23(28)26-15-13-19(14-16-26)22(27)25-20-9-11-21(12-10-20)29-17-18-7-5-4-6-8-18/h4-12,19H,13-17H2,1-3H3,(H,25,27). The second-order valence-corrected chi connectivity index (χ2v) is 8.60. The molecule has 1 saturated heterocycles. The molecule has 0 spiro atoms. The third kappa shape index (κ3) is 5.83. The zero-order valence-electron chi connectivity index (χ0n) is 17.5. The van der Waals surface area contributed by atoms with Gasteiger partial charge in [0.1, 0.15) is 12.4 Å². The molecule has 0 radical (unpaired) electrons. The molecule has 0 aromatic heterocycles. The number of hydrogen-bond donors (Lipinski definition) is 1. The number of amides is 2. The third-order valence-electron chi connectivity index (χ3n) is 5.16. The van der Waals surface area contributed by atoms with Crippen molar-refractivity contribution in [1.82, 2.24) is 4.90 Å². The molecule has 0 unspecified atom stereocenters. The van der Waals surface area contributed by atoms with E-state index in [0.717, 1.165) is 17.0 Å². The van der Waals surface area contributed by atoms with Gasteiger partial charge in [0.25, 0.3) is 0 Å². The number of carbonyl (C=O) groups is 2. The molecule has 3 rings (SSSR count). The van der Waals surface area contributed by atoms with E-state index in [4.69, 9.17) is 4.74 Å². The fourth-order valence-corrected chi connectivity index (χ4v) is 3.44. The average molecular weight is 395 g/mol. The van der Waals surface area contributed by atoms with Gasteiger partial charge in [-0.15, -0.1) is 0 Å². The summed E-state index contributed by atoms with van der Waals surface area (Å²) in [6.07, 6.45) is 1.40. The van der Waals surface area contributed by atoms with Crippen molar-refractivity contribution in [3.63, 3.8) is 0 Å². The lowest BCUT2D eigenvalue weighted by molar-refractivity contribution is -0.142. The van der Waals surface area contributed by atoms with E-state index >= 15 is 0 Å². The molecule has 5 heteroatoms. The maximum atomic E-state index is 12.6. The summed E-state index contributed by atoms with van der Waals surface area (Å²) in [6, 6.07) is 17.4. The van der Waals surface area contributed by atoms with Crippen LogP contribution in [0.4, 0.5) is 5.69 Å². The molecule has 1 aliphatic rings. The Balaban J connectivity index is 1.47. The van der Waals surface area contributed by atoms with Crippen molar-refractivity contribution < 1.29 is 14.3 Å². The minimum Gasteiger partial charge on any atom is -0.489 e. The van der Waals surface area contributed by atoms with Gasteiger partial charge < -0.3 is 15.0 Å². The number of rotatable bonds is 5. The number of anilines is 1. The number of carbonyl (C=O) groups excluding carboxylic acids is 2. The molecule has 0 atom stereocenters. The van der Waals surface area contributed by atoms with E-state index in [-0.39, 0.29) is 23.1 Å². The summed E-state index contributed by atoms with van der Waals surface area (Å²) in [4.78, 5) is 26.8. The van der Waals surface area contributed by atoms with E-state index in [9.17, 15) is 9.59 Å². The van der Waals surface area contributed by atoms with Crippen molar-refractivity contribution in [3.05, 3.63) is 60.2 Å². The van der Waals surface area contributed by atoms with E-state index in [1.807, 2.05) is 80.3 Å². The van der Waals surface area contributed by atoms with Gasteiger partial charge in [-0.3, -0.25) is 9.59 Å². The second kappa shape index (κ2) is 9.12. The highest BCUT2D eigenvalue weighted by atomic mass is 16.5. The lowest BCUT2D eigenvalue weighted by Crippen LogP contribution is -2.45. The lowest BCUT2D eigenvalue weighted by Gasteiger charge is -2.35. The van der Waals surface area contributed by atoms with Gasteiger partial charge >= 0.3 is 0 Å². The average Bonchev–Trinajstić information content (AvgIpc) is 2.73. The Morgan fingerprint density at radius 2 is 1.62 bits per heavy atom. The number of hydrogen-bond acceptors (Lipinski definition) is 3. The first-order valence-corrected chi connectivity index (χ1v) is 10.2. The second-order valence-electron chi connectivity index (χ2n) is 8.60. The van der Waals surface area contributed by atoms with Crippen LogP contribution in [0, 0.1) is 11.3 Å². The number of benzene rings is 2. The minimum atomic E-state index is -0.376. The Kier molecular flexibility index (Phi) is 6.57. The molecule has 1 N–H and O–H groups in total. The van der Waals surface area contributed by atoms with Crippen LogP contribution in [0.1, 0.15) is 39.2 Å². The molecule has 0 saturated carbocycles. The maximum Gasteiger partial charge on any atom is 0.227 e. The highest BCUT2D eigenvalue weighted by Gasteiger charge is 2.32. The van der Waals surface area contributed by atoms with Crippen LogP contribution in [0.15, 0.2) is 54.6 Å². The van der Waals surface area contributed by atoms with E-state index in [1.54, 1.807) is 0 Å². The molecule has 0 aliphatic carbocycles. The van der Waals surface area contributed by atoms with Crippen LogP contribution >= 0.6 is 0 Å². The predicted molar refractivity (Wildman–Crippen MR) is 115 cm³/mol. The summed E-state index contributed by atoms with van der Waals surface area (Å²) in [5.41, 5.74) is 1.50.